The summed E-state index contributed by atoms with van der Waals surface area (Å²) >= 11 is 0. The van der Waals surface area contributed by atoms with E-state index >= 15 is 0 Å². The first kappa shape index (κ1) is 26.1. The van der Waals surface area contributed by atoms with Crippen molar-refractivity contribution in [2.24, 2.45) is 5.41 Å². The molecule has 0 aliphatic carbocycles. The van der Waals surface area contributed by atoms with E-state index in [1.165, 1.54) is 0 Å². The van der Waals surface area contributed by atoms with Gasteiger partial charge in [0.05, 0.1) is 31.3 Å². The van der Waals surface area contributed by atoms with Crippen molar-refractivity contribution in [2.45, 2.75) is 38.3 Å². The molecule has 1 aromatic rings. The number of aromatic nitrogens is 1. The zero-order valence-corrected chi connectivity index (χ0v) is 20.0. The molecule has 0 aromatic carbocycles. The summed E-state index contributed by atoms with van der Waals surface area (Å²) in [6.07, 6.45) is 0.643. The van der Waals surface area contributed by atoms with Gasteiger partial charge in [-0.3, -0.25) is 4.79 Å². The Balaban J connectivity index is 1.81. The fourth-order valence-corrected chi connectivity index (χ4v) is 3.84. The lowest BCUT2D eigenvalue weighted by molar-refractivity contribution is -0.153. The first-order chi connectivity index (χ1) is 16.4. The summed E-state index contributed by atoms with van der Waals surface area (Å²) in [4.78, 5) is 32.1. The van der Waals surface area contributed by atoms with Crippen LogP contribution in [-0.4, -0.2) is 93.5 Å². The lowest BCUT2D eigenvalue weighted by atomic mass is 9.88. The summed E-state index contributed by atoms with van der Waals surface area (Å²) in [5, 5.41) is 12.4. The van der Waals surface area contributed by atoms with E-state index in [1.807, 2.05) is 4.90 Å². The fourth-order valence-electron chi connectivity index (χ4n) is 3.84. The highest BCUT2D eigenvalue weighted by molar-refractivity contribution is 5.97. The highest BCUT2D eigenvalue weighted by atomic mass is 19.1. The lowest BCUT2D eigenvalue weighted by Gasteiger charge is -2.41. The van der Waals surface area contributed by atoms with Gasteiger partial charge in [-0.05, 0) is 25.0 Å². The molecule has 1 amide bonds. The Hall–Kier alpha value is -2.50. The van der Waals surface area contributed by atoms with Gasteiger partial charge in [-0.2, -0.15) is 0 Å². The number of alkyl halides is 1. The molecule has 1 aromatic heterocycles. The molecule has 0 spiro atoms. The summed E-state index contributed by atoms with van der Waals surface area (Å²) in [6.45, 7) is 4.49. The molecule has 0 atom stereocenters. The topological polar surface area (TPSA) is 119 Å². The third kappa shape index (κ3) is 5.42. The largest absolute Gasteiger partial charge is 0.475 e. The number of methoxy groups -OCH3 is 1. The number of halogens is 1. The van der Waals surface area contributed by atoms with Crippen LogP contribution in [0.2, 0.25) is 0 Å². The zero-order valence-electron chi connectivity index (χ0n) is 20.0. The second-order valence-electron chi connectivity index (χ2n) is 8.79. The first-order valence-electron chi connectivity index (χ1n) is 11.5. The van der Waals surface area contributed by atoms with E-state index in [4.69, 9.17) is 18.9 Å². The van der Waals surface area contributed by atoms with Gasteiger partial charge in [-0.25, -0.2) is 14.2 Å². The highest BCUT2D eigenvalue weighted by Gasteiger charge is 2.41. The lowest BCUT2D eigenvalue weighted by Crippen LogP contribution is -2.55. The van der Waals surface area contributed by atoms with Gasteiger partial charge < -0.3 is 34.3 Å². The quantitative estimate of drug-likeness (QED) is 0.398. The maximum absolute atomic E-state index is 13.1. The van der Waals surface area contributed by atoms with Crippen LogP contribution in [0.3, 0.4) is 0 Å². The Bertz CT molecular complexity index is 849. The van der Waals surface area contributed by atoms with Gasteiger partial charge in [0.1, 0.15) is 36.8 Å². The molecule has 10 nitrogen and oxygen atoms in total. The van der Waals surface area contributed by atoms with Gasteiger partial charge in [0, 0.05) is 20.2 Å². The number of ether oxygens (including phenoxy) is 4. The number of hydrogen-bond donors (Lipinski definition) is 2. The van der Waals surface area contributed by atoms with Crippen LogP contribution in [0, 0.1) is 5.41 Å². The number of pyridine rings is 1. The molecule has 2 saturated heterocycles. The van der Waals surface area contributed by atoms with E-state index in [1.54, 1.807) is 33.1 Å². The standard InChI is InChI=1S/C23H34FN3O7/c1-4-23(5-2,21(30)33-9-8-24)26-19(29)17-6-7-18(27-10-16(11-27)31-3)20(25-17)34-15-22(12-28)13-32-14-22/h6-7,16,28H,4-5,8-15H2,1-3H3,(H,26,29). The third-order valence-corrected chi connectivity index (χ3v) is 6.52. The molecule has 0 saturated carbocycles. The predicted octanol–water partition coefficient (Wildman–Crippen LogP) is 1.11. The van der Waals surface area contributed by atoms with Crippen molar-refractivity contribution in [2.75, 3.05) is 64.8 Å². The van der Waals surface area contributed by atoms with Crippen molar-refractivity contribution in [3.8, 4) is 5.88 Å². The Labute approximate surface area is 198 Å². The molecule has 0 radical (unpaired) electrons. The number of carbonyl (C=O) groups excluding carboxylic acids is 2. The van der Waals surface area contributed by atoms with Gasteiger partial charge >= 0.3 is 5.97 Å². The minimum absolute atomic E-state index is 0.0649. The molecule has 2 aliphatic heterocycles. The highest BCUT2D eigenvalue weighted by Crippen LogP contribution is 2.34. The number of anilines is 1. The summed E-state index contributed by atoms with van der Waals surface area (Å²) in [6, 6.07) is 3.31. The van der Waals surface area contributed by atoms with E-state index < -0.39 is 29.5 Å². The molecule has 34 heavy (non-hydrogen) atoms. The van der Waals surface area contributed by atoms with Crippen LogP contribution < -0.4 is 15.0 Å². The number of esters is 1. The number of aliphatic hydroxyl groups is 1. The maximum Gasteiger partial charge on any atom is 0.331 e. The average molecular weight is 484 g/mol. The number of aliphatic hydroxyl groups excluding tert-OH is 1. The average Bonchev–Trinajstić information content (AvgIpc) is 2.80. The number of nitrogens with one attached hydrogen (secondary N) is 1. The smallest absolute Gasteiger partial charge is 0.331 e. The van der Waals surface area contributed by atoms with Gasteiger partial charge in [0.15, 0.2) is 0 Å². The van der Waals surface area contributed by atoms with E-state index in [-0.39, 0.29) is 50.3 Å². The predicted molar refractivity (Wildman–Crippen MR) is 121 cm³/mol. The van der Waals surface area contributed by atoms with Gasteiger partial charge in [0.2, 0.25) is 5.88 Å². The van der Waals surface area contributed by atoms with E-state index in [0.29, 0.717) is 32.0 Å². The van der Waals surface area contributed by atoms with Gasteiger partial charge in [-0.1, -0.05) is 13.8 Å². The molecular weight excluding hydrogens is 449 g/mol. The van der Waals surface area contributed by atoms with Gasteiger partial charge in [-0.15, -0.1) is 0 Å². The second kappa shape index (κ2) is 11.3. The molecule has 0 unspecified atom stereocenters. The molecule has 3 rings (SSSR count). The first-order valence-corrected chi connectivity index (χ1v) is 11.5. The zero-order chi connectivity index (χ0) is 24.8. The number of nitrogens with zero attached hydrogens (tertiary/aromatic N) is 2. The van der Waals surface area contributed by atoms with E-state index in [0.717, 1.165) is 0 Å². The van der Waals surface area contributed by atoms with Crippen molar-refractivity contribution in [3.63, 3.8) is 0 Å². The summed E-state index contributed by atoms with van der Waals surface area (Å²) in [7, 11) is 1.65. The number of amides is 1. The van der Waals surface area contributed by atoms with Crippen LogP contribution in [-0.2, 0) is 19.0 Å². The van der Waals surface area contributed by atoms with E-state index in [9.17, 15) is 19.1 Å². The number of rotatable bonds is 13. The van der Waals surface area contributed by atoms with Crippen LogP contribution in [0.15, 0.2) is 12.1 Å². The molecule has 0 bridgehead atoms. The minimum atomic E-state index is -1.29. The van der Waals surface area contributed by atoms with Crippen molar-refractivity contribution in [1.82, 2.24) is 10.3 Å². The summed E-state index contributed by atoms with van der Waals surface area (Å²) < 4.78 is 34.0. The van der Waals surface area contributed by atoms with Crippen LogP contribution in [0.25, 0.3) is 0 Å². The molecular formula is C23H34FN3O7. The normalized spacial score (nSPS) is 17.5. The van der Waals surface area contributed by atoms with Crippen molar-refractivity contribution < 1.29 is 38.0 Å². The number of hydrogen-bond acceptors (Lipinski definition) is 9. The van der Waals surface area contributed by atoms with Crippen LogP contribution in [0.1, 0.15) is 37.2 Å². The van der Waals surface area contributed by atoms with Crippen LogP contribution in [0.4, 0.5) is 10.1 Å². The Kier molecular flexibility index (Phi) is 8.67. The maximum atomic E-state index is 13.1. The monoisotopic (exact) mass is 483 g/mol. The van der Waals surface area contributed by atoms with Crippen LogP contribution >= 0.6 is 0 Å². The molecule has 2 fully saturated rings. The van der Waals surface area contributed by atoms with Gasteiger partial charge in [0.25, 0.3) is 5.91 Å². The summed E-state index contributed by atoms with van der Waals surface area (Å²) in [5.74, 6) is -1.00. The molecule has 11 heteroatoms. The van der Waals surface area contributed by atoms with Crippen LogP contribution in [0.5, 0.6) is 5.88 Å². The molecule has 2 aliphatic rings. The Morgan fingerprint density at radius 3 is 2.56 bits per heavy atom. The Morgan fingerprint density at radius 2 is 2.03 bits per heavy atom. The molecule has 190 valence electrons. The number of carbonyl (C=O) groups is 2. The summed E-state index contributed by atoms with van der Waals surface area (Å²) in [5.41, 5.74) is -1.02. The van der Waals surface area contributed by atoms with Crippen molar-refractivity contribution in [1.29, 1.82) is 0 Å². The minimum Gasteiger partial charge on any atom is -0.475 e. The SMILES string of the molecule is CCC(CC)(NC(=O)c1ccc(N2CC(OC)C2)c(OCC2(CO)COC2)n1)C(=O)OCCF. The fraction of sp³-hybridized carbons (Fsp3) is 0.696. The molecule has 3 heterocycles. The third-order valence-electron chi connectivity index (χ3n) is 6.52. The molecule has 2 N–H and O–H groups in total. The Morgan fingerprint density at radius 1 is 1.32 bits per heavy atom. The van der Waals surface area contributed by atoms with Crippen molar-refractivity contribution in [3.05, 3.63) is 17.8 Å². The van der Waals surface area contributed by atoms with Crippen molar-refractivity contribution >= 4 is 17.6 Å². The van der Waals surface area contributed by atoms with E-state index in [2.05, 4.69) is 10.3 Å². The second-order valence-corrected chi connectivity index (χ2v) is 8.79.